The van der Waals surface area contributed by atoms with Gasteiger partial charge in [0.1, 0.15) is 16.4 Å². The summed E-state index contributed by atoms with van der Waals surface area (Å²) in [6, 6.07) is 22.2. The van der Waals surface area contributed by atoms with Crippen molar-refractivity contribution in [2.24, 2.45) is 0 Å². The number of amides is 1. The van der Waals surface area contributed by atoms with Crippen LogP contribution in [0.1, 0.15) is 16.7 Å². The predicted molar refractivity (Wildman–Crippen MR) is 136 cm³/mol. The van der Waals surface area contributed by atoms with Gasteiger partial charge in [0.15, 0.2) is 0 Å². The fourth-order valence-electron chi connectivity index (χ4n) is 3.66. The van der Waals surface area contributed by atoms with Crippen molar-refractivity contribution < 1.29 is 22.7 Å². The van der Waals surface area contributed by atoms with Crippen LogP contribution >= 0.6 is 0 Å². The number of rotatable bonds is 12. The molecule has 0 aromatic heterocycles. The molecule has 1 amide bonds. The molecular weight excluding hydrogens is 464 g/mol. The third-order valence-electron chi connectivity index (χ3n) is 5.64. The lowest BCUT2D eigenvalue weighted by Crippen LogP contribution is -2.42. The molecule has 3 aromatic rings. The van der Waals surface area contributed by atoms with Crippen LogP contribution < -0.4 is 14.8 Å². The quantitative estimate of drug-likeness (QED) is 0.414. The van der Waals surface area contributed by atoms with Crippen molar-refractivity contribution in [1.29, 1.82) is 0 Å². The second-order valence-electron chi connectivity index (χ2n) is 8.18. The zero-order valence-corrected chi connectivity index (χ0v) is 21.2. The van der Waals surface area contributed by atoms with Gasteiger partial charge in [-0.05, 0) is 60.7 Å². The number of nitrogens with one attached hydrogen (secondary N) is 1. The molecule has 0 saturated carbocycles. The zero-order valence-electron chi connectivity index (χ0n) is 20.4. The molecular formula is C27H32N2O5S. The van der Waals surface area contributed by atoms with Crippen LogP contribution in [0.25, 0.3) is 0 Å². The highest BCUT2D eigenvalue weighted by molar-refractivity contribution is 7.89. The molecule has 0 aliphatic rings. The molecule has 7 nitrogen and oxygen atoms in total. The Balaban J connectivity index is 1.73. The van der Waals surface area contributed by atoms with E-state index >= 15 is 0 Å². The first-order valence-corrected chi connectivity index (χ1v) is 12.9. The first-order chi connectivity index (χ1) is 16.8. The fraction of sp³-hybridized carbons (Fsp3) is 0.296. The number of aryl methyl sites for hydroxylation is 1. The SMILES string of the molecule is COc1ccc(CCNC(=O)CN(CCc2ccccc2)S(=O)(=O)c2cc(C)ccc2OC)cc1. The summed E-state index contributed by atoms with van der Waals surface area (Å²) in [5.74, 6) is 0.658. The lowest BCUT2D eigenvalue weighted by atomic mass is 10.1. The van der Waals surface area contributed by atoms with E-state index in [2.05, 4.69) is 5.32 Å². The van der Waals surface area contributed by atoms with E-state index in [1.807, 2.05) is 61.5 Å². The second-order valence-corrected chi connectivity index (χ2v) is 10.1. The smallest absolute Gasteiger partial charge is 0.247 e. The van der Waals surface area contributed by atoms with Gasteiger partial charge in [-0.25, -0.2) is 8.42 Å². The standard InChI is InChI=1S/C27H32N2O5S/c1-21-9-14-25(34-3)26(19-21)35(31,32)29(18-16-22-7-5-4-6-8-22)20-27(30)28-17-15-23-10-12-24(33-2)13-11-23/h4-14,19H,15-18,20H2,1-3H3,(H,28,30). The van der Waals surface area contributed by atoms with Crippen LogP contribution in [-0.4, -0.2) is 52.5 Å². The molecule has 3 aromatic carbocycles. The lowest BCUT2D eigenvalue weighted by Gasteiger charge is -2.23. The van der Waals surface area contributed by atoms with Gasteiger partial charge in [0.2, 0.25) is 15.9 Å². The van der Waals surface area contributed by atoms with Crippen molar-refractivity contribution in [3.63, 3.8) is 0 Å². The minimum absolute atomic E-state index is 0.0547. The van der Waals surface area contributed by atoms with Gasteiger partial charge >= 0.3 is 0 Å². The van der Waals surface area contributed by atoms with Crippen molar-refractivity contribution in [2.75, 3.05) is 33.9 Å². The summed E-state index contributed by atoms with van der Waals surface area (Å²) >= 11 is 0. The summed E-state index contributed by atoms with van der Waals surface area (Å²) in [5, 5.41) is 2.84. The Kier molecular flexibility index (Phi) is 9.28. The number of sulfonamides is 1. The number of nitrogens with zero attached hydrogens (tertiary/aromatic N) is 1. The molecule has 0 fully saturated rings. The van der Waals surface area contributed by atoms with Crippen LogP contribution in [0.3, 0.4) is 0 Å². The van der Waals surface area contributed by atoms with Crippen molar-refractivity contribution in [2.45, 2.75) is 24.7 Å². The predicted octanol–water partition coefficient (Wildman–Crippen LogP) is 3.60. The average molecular weight is 497 g/mol. The maximum Gasteiger partial charge on any atom is 0.247 e. The molecule has 0 aliphatic carbocycles. The maximum atomic E-state index is 13.6. The van der Waals surface area contributed by atoms with Crippen LogP contribution in [0, 0.1) is 6.92 Å². The number of carbonyl (C=O) groups excluding carboxylic acids is 1. The third kappa shape index (κ3) is 7.31. The molecule has 0 heterocycles. The minimum Gasteiger partial charge on any atom is -0.497 e. The van der Waals surface area contributed by atoms with Gasteiger partial charge < -0.3 is 14.8 Å². The monoisotopic (exact) mass is 496 g/mol. The Morgan fingerprint density at radius 2 is 1.57 bits per heavy atom. The summed E-state index contributed by atoms with van der Waals surface area (Å²) in [5.41, 5.74) is 2.82. The Bertz CT molecular complexity index is 1210. The van der Waals surface area contributed by atoms with E-state index in [9.17, 15) is 13.2 Å². The average Bonchev–Trinajstić information content (AvgIpc) is 2.87. The molecule has 0 aliphatic heterocycles. The highest BCUT2D eigenvalue weighted by atomic mass is 32.2. The Hall–Kier alpha value is -3.36. The lowest BCUT2D eigenvalue weighted by molar-refractivity contribution is -0.121. The molecule has 186 valence electrons. The Labute approximate surface area is 207 Å². The molecule has 0 spiro atoms. The van der Waals surface area contributed by atoms with E-state index in [-0.39, 0.29) is 29.6 Å². The number of ether oxygens (including phenoxy) is 2. The van der Waals surface area contributed by atoms with E-state index in [1.165, 1.54) is 11.4 Å². The molecule has 0 unspecified atom stereocenters. The molecule has 35 heavy (non-hydrogen) atoms. The molecule has 0 atom stereocenters. The van der Waals surface area contributed by atoms with E-state index in [0.29, 0.717) is 19.4 Å². The van der Waals surface area contributed by atoms with Crippen molar-refractivity contribution in [3.05, 3.63) is 89.5 Å². The summed E-state index contributed by atoms with van der Waals surface area (Å²) < 4.78 is 39.0. The summed E-state index contributed by atoms with van der Waals surface area (Å²) in [6.07, 6.45) is 1.10. The van der Waals surface area contributed by atoms with E-state index < -0.39 is 10.0 Å². The number of benzene rings is 3. The third-order valence-corrected chi connectivity index (χ3v) is 7.51. The van der Waals surface area contributed by atoms with Crippen LogP contribution in [0.15, 0.2) is 77.7 Å². The van der Waals surface area contributed by atoms with Crippen molar-refractivity contribution in [1.82, 2.24) is 9.62 Å². The largest absolute Gasteiger partial charge is 0.497 e. The van der Waals surface area contributed by atoms with Crippen LogP contribution in [0.5, 0.6) is 11.5 Å². The highest BCUT2D eigenvalue weighted by Gasteiger charge is 2.29. The normalized spacial score (nSPS) is 11.3. The van der Waals surface area contributed by atoms with E-state index in [0.717, 1.165) is 22.4 Å². The number of hydrogen-bond donors (Lipinski definition) is 1. The number of hydrogen-bond acceptors (Lipinski definition) is 5. The zero-order chi connectivity index (χ0) is 25.3. The van der Waals surface area contributed by atoms with Gasteiger partial charge in [-0.2, -0.15) is 4.31 Å². The number of methoxy groups -OCH3 is 2. The molecule has 0 radical (unpaired) electrons. The van der Waals surface area contributed by atoms with Crippen molar-refractivity contribution >= 4 is 15.9 Å². The molecule has 0 bridgehead atoms. The van der Waals surface area contributed by atoms with Gasteiger partial charge in [0.05, 0.1) is 20.8 Å². The van der Waals surface area contributed by atoms with Crippen molar-refractivity contribution in [3.8, 4) is 11.5 Å². The minimum atomic E-state index is -3.98. The second kappa shape index (κ2) is 12.4. The van der Waals surface area contributed by atoms with Gasteiger partial charge in [0.25, 0.3) is 0 Å². The number of carbonyl (C=O) groups is 1. The summed E-state index contributed by atoms with van der Waals surface area (Å²) in [7, 11) is -0.938. The first-order valence-electron chi connectivity index (χ1n) is 11.4. The summed E-state index contributed by atoms with van der Waals surface area (Å²) in [4.78, 5) is 12.8. The van der Waals surface area contributed by atoms with Gasteiger partial charge in [-0.15, -0.1) is 0 Å². The van der Waals surface area contributed by atoms with Crippen LogP contribution in [0.4, 0.5) is 0 Å². The highest BCUT2D eigenvalue weighted by Crippen LogP contribution is 2.28. The molecule has 1 N–H and O–H groups in total. The van der Waals surface area contributed by atoms with Gasteiger partial charge in [0, 0.05) is 13.1 Å². The van der Waals surface area contributed by atoms with Crippen LogP contribution in [0.2, 0.25) is 0 Å². The first kappa shape index (κ1) is 26.2. The summed E-state index contributed by atoms with van der Waals surface area (Å²) in [6.45, 7) is 2.09. The molecule has 3 rings (SSSR count). The maximum absolute atomic E-state index is 13.6. The van der Waals surface area contributed by atoms with Gasteiger partial charge in [-0.3, -0.25) is 4.79 Å². The van der Waals surface area contributed by atoms with Crippen LogP contribution in [-0.2, 0) is 27.7 Å². The molecule has 8 heteroatoms. The Morgan fingerprint density at radius 1 is 0.886 bits per heavy atom. The Morgan fingerprint density at radius 3 is 2.23 bits per heavy atom. The topological polar surface area (TPSA) is 84.9 Å². The van der Waals surface area contributed by atoms with E-state index in [4.69, 9.17) is 9.47 Å². The molecule has 0 saturated heterocycles. The van der Waals surface area contributed by atoms with E-state index in [1.54, 1.807) is 25.3 Å². The van der Waals surface area contributed by atoms with Gasteiger partial charge in [-0.1, -0.05) is 48.5 Å². The fourth-order valence-corrected chi connectivity index (χ4v) is 5.30.